The van der Waals surface area contributed by atoms with Crippen LogP contribution in [0.4, 0.5) is 0 Å². The van der Waals surface area contributed by atoms with E-state index in [2.05, 4.69) is 30.7 Å². The van der Waals surface area contributed by atoms with Crippen molar-refractivity contribution >= 4 is 0 Å². The number of nitrogens with two attached hydrogens (primary N) is 1. The van der Waals surface area contributed by atoms with Gasteiger partial charge in [-0.2, -0.15) is 0 Å². The fourth-order valence-corrected chi connectivity index (χ4v) is 3.95. The largest absolute Gasteiger partial charge is 0.329 e. The first-order chi connectivity index (χ1) is 8.67. The van der Waals surface area contributed by atoms with Crippen LogP contribution in [-0.4, -0.2) is 54.6 Å². The summed E-state index contributed by atoms with van der Waals surface area (Å²) in [5, 5.41) is 0. The first kappa shape index (κ1) is 14.3. The number of hydrogen-bond acceptors (Lipinski definition) is 3. The second-order valence-electron chi connectivity index (χ2n) is 6.31. The van der Waals surface area contributed by atoms with Crippen molar-refractivity contribution in [1.82, 2.24) is 9.80 Å². The number of hydrogen-bond donors (Lipinski definition) is 1. The van der Waals surface area contributed by atoms with Crippen LogP contribution in [0, 0.1) is 5.92 Å². The summed E-state index contributed by atoms with van der Waals surface area (Å²) in [4.78, 5) is 5.30. The summed E-state index contributed by atoms with van der Waals surface area (Å²) in [6.07, 6.45) is 6.55. The van der Waals surface area contributed by atoms with E-state index in [9.17, 15) is 0 Å². The summed E-state index contributed by atoms with van der Waals surface area (Å²) in [6.45, 7) is 9.21. The van der Waals surface area contributed by atoms with Crippen molar-refractivity contribution in [2.45, 2.75) is 57.5 Å². The number of rotatable bonds is 5. The van der Waals surface area contributed by atoms with Crippen LogP contribution in [0.2, 0.25) is 0 Å². The van der Waals surface area contributed by atoms with Crippen LogP contribution in [0.5, 0.6) is 0 Å². The van der Waals surface area contributed by atoms with Crippen molar-refractivity contribution in [2.75, 3.05) is 33.2 Å². The molecule has 18 heavy (non-hydrogen) atoms. The highest BCUT2D eigenvalue weighted by molar-refractivity contribution is 5.05. The molecule has 2 aliphatic rings. The van der Waals surface area contributed by atoms with Crippen LogP contribution < -0.4 is 5.73 Å². The van der Waals surface area contributed by atoms with Crippen molar-refractivity contribution in [2.24, 2.45) is 11.7 Å². The summed E-state index contributed by atoms with van der Waals surface area (Å²) in [5.74, 6) is 0.866. The maximum Gasteiger partial charge on any atom is 0.0360 e. The Morgan fingerprint density at radius 3 is 2.44 bits per heavy atom. The van der Waals surface area contributed by atoms with Crippen LogP contribution in [0.25, 0.3) is 0 Å². The number of nitrogens with zero attached hydrogens (tertiary/aromatic N) is 2. The molecule has 2 unspecified atom stereocenters. The second-order valence-corrected chi connectivity index (χ2v) is 6.31. The highest BCUT2D eigenvalue weighted by Crippen LogP contribution is 2.46. The van der Waals surface area contributed by atoms with Gasteiger partial charge in [-0.25, -0.2) is 0 Å². The van der Waals surface area contributed by atoms with Gasteiger partial charge in [-0.1, -0.05) is 13.8 Å². The Labute approximate surface area is 113 Å². The Hall–Kier alpha value is -0.120. The van der Waals surface area contributed by atoms with Crippen molar-refractivity contribution in [3.8, 4) is 0 Å². The van der Waals surface area contributed by atoms with Gasteiger partial charge in [-0.05, 0) is 51.6 Å². The van der Waals surface area contributed by atoms with Crippen molar-refractivity contribution in [3.63, 3.8) is 0 Å². The third-order valence-corrected chi connectivity index (χ3v) is 5.25. The van der Waals surface area contributed by atoms with Crippen molar-refractivity contribution < 1.29 is 0 Å². The zero-order valence-electron chi connectivity index (χ0n) is 12.5. The zero-order chi connectivity index (χ0) is 13.2. The molecule has 0 spiro atoms. The van der Waals surface area contributed by atoms with Gasteiger partial charge in [0.2, 0.25) is 0 Å². The molecular weight excluding hydrogens is 222 g/mol. The van der Waals surface area contributed by atoms with Crippen LogP contribution in [0.1, 0.15) is 46.0 Å². The van der Waals surface area contributed by atoms with Gasteiger partial charge >= 0.3 is 0 Å². The minimum absolute atomic E-state index is 0.297. The van der Waals surface area contributed by atoms with Crippen LogP contribution >= 0.6 is 0 Å². The normalized spacial score (nSPS) is 31.0. The van der Waals surface area contributed by atoms with Gasteiger partial charge in [0.25, 0.3) is 0 Å². The van der Waals surface area contributed by atoms with E-state index in [4.69, 9.17) is 5.73 Å². The zero-order valence-corrected chi connectivity index (χ0v) is 12.5. The fraction of sp³-hybridized carbons (Fsp3) is 1.00. The molecule has 1 saturated carbocycles. The van der Waals surface area contributed by atoms with Gasteiger partial charge < -0.3 is 10.6 Å². The van der Waals surface area contributed by atoms with E-state index >= 15 is 0 Å². The topological polar surface area (TPSA) is 32.5 Å². The summed E-state index contributed by atoms with van der Waals surface area (Å²) < 4.78 is 0. The average molecular weight is 253 g/mol. The molecule has 3 heteroatoms. The van der Waals surface area contributed by atoms with Gasteiger partial charge in [-0.3, -0.25) is 4.90 Å². The Bertz CT molecular complexity index is 258. The lowest BCUT2D eigenvalue weighted by atomic mass is 9.86. The highest BCUT2D eigenvalue weighted by Gasteiger charge is 2.48. The monoisotopic (exact) mass is 253 g/mol. The lowest BCUT2D eigenvalue weighted by Gasteiger charge is -2.47. The van der Waals surface area contributed by atoms with Crippen molar-refractivity contribution in [3.05, 3.63) is 0 Å². The molecule has 0 radical (unpaired) electrons. The fourth-order valence-electron chi connectivity index (χ4n) is 3.95. The molecule has 0 aromatic rings. The molecule has 2 fully saturated rings. The van der Waals surface area contributed by atoms with Gasteiger partial charge in [0, 0.05) is 31.2 Å². The molecule has 2 atom stereocenters. The number of likely N-dealkylation sites (N-methyl/N-ethyl adjacent to an activating group) is 1. The van der Waals surface area contributed by atoms with Crippen LogP contribution in [0.15, 0.2) is 0 Å². The SMILES string of the molecule is CCC1CN(C)CCCN1C(CC)(CN)C1CC1. The Morgan fingerprint density at radius 1 is 1.22 bits per heavy atom. The Balaban J connectivity index is 2.20. The summed E-state index contributed by atoms with van der Waals surface area (Å²) in [5.41, 5.74) is 6.53. The van der Waals surface area contributed by atoms with E-state index in [0.717, 1.165) is 12.5 Å². The molecule has 0 bridgehead atoms. The van der Waals surface area contributed by atoms with Gasteiger partial charge in [-0.15, -0.1) is 0 Å². The molecular formula is C15H31N3. The Morgan fingerprint density at radius 2 is 1.94 bits per heavy atom. The lowest BCUT2D eigenvalue weighted by Crippen LogP contribution is -2.60. The molecule has 1 heterocycles. The van der Waals surface area contributed by atoms with Crippen LogP contribution in [0.3, 0.4) is 0 Å². The van der Waals surface area contributed by atoms with E-state index in [-0.39, 0.29) is 0 Å². The third-order valence-electron chi connectivity index (χ3n) is 5.25. The van der Waals surface area contributed by atoms with E-state index < -0.39 is 0 Å². The molecule has 1 aliphatic carbocycles. The van der Waals surface area contributed by atoms with E-state index in [1.165, 1.54) is 51.7 Å². The van der Waals surface area contributed by atoms with Gasteiger partial charge in [0.15, 0.2) is 0 Å². The molecule has 0 aromatic carbocycles. The maximum atomic E-state index is 6.24. The van der Waals surface area contributed by atoms with E-state index in [1.54, 1.807) is 0 Å². The lowest BCUT2D eigenvalue weighted by molar-refractivity contribution is 0.0264. The van der Waals surface area contributed by atoms with E-state index in [1.807, 2.05) is 0 Å². The standard InChI is InChI=1S/C15H31N3/c1-4-14-11-17(3)9-6-10-18(14)15(5-2,12-16)13-7-8-13/h13-14H,4-12,16H2,1-3H3. The maximum absolute atomic E-state index is 6.24. The smallest absolute Gasteiger partial charge is 0.0360 e. The van der Waals surface area contributed by atoms with Crippen molar-refractivity contribution in [1.29, 1.82) is 0 Å². The first-order valence-corrected chi connectivity index (χ1v) is 7.83. The predicted molar refractivity (Wildman–Crippen MR) is 77.7 cm³/mol. The molecule has 0 aromatic heterocycles. The highest BCUT2D eigenvalue weighted by atomic mass is 15.3. The quantitative estimate of drug-likeness (QED) is 0.812. The molecule has 106 valence electrons. The van der Waals surface area contributed by atoms with Crippen LogP contribution in [-0.2, 0) is 0 Å². The van der Waals surface area contributed by atoms with Gasteiger partial charge in [0.05, 0.1) is 0 Å². The second kappa shape index (κ2) is 5.89. The molecule has 0 amide bonds. The summed E-state index contributed by atoms with van der Waals surface area (Å²) >= 11 is 0. The minimum Gasteiger partial charge on any atom is -0.329 e. The summed E-state index contributed by atoms with van der Waals surface area (Å²) in [7, 11) is 2.26. The molecule has 1 aliphatic heterocycles. The predicted octanol–water partition coefficient (Wildman–Crippen LogP) is 1.92. The van der Waals surface area contributed by atoms with E-state index in [0.29, 0.717) is 11.6 Å². The summed E-state index contributed by atoms with van der Waals surface area (Å²) in [6, 6.07) is 0.696. The molecule has 3 nitrogen and oxygen atoms in total. The minimum atomic E-state index is 0.297. The molecule has 2 N–H and O–H groups in total. The molecule has 1 saturated heterocycles. The molecule has 2 rings (SSSR count). The first-order valence-electron chi connectivity index (χ1n) is 7.83. The third kappa shape index (κ3) is 2.59. The average Bonchev–Trinajstić information content (AvgIpc) is 3.20. The van der Waals surface area contributed by atoms with Gasteiger partial charge in [0.1, 0.15) is 0 Å². The Kier molecular flexibility index (Phi) is 4.68.